The first kappa shape index (κ1) is 13.6. The van der Waals surface area contributed by atoms with Gasteiger partial charge in [0.25, 0.3) is 0 Å². The van der Waals surface area contributed by atoms with Crippen LogP contribution in [-0.2, 0) is 6.42 Å². The van der Waals surface area contributed by atoms with Gasteiger partial charge in [-0.25, -0.2) is 4.98 Å². The molecule has 0 spiro atoms. The Balaban J connectivity index is 1.76. The Bertz CT molecular complexity index is 659. The minimum atomic E-state index is 0.565. The van der Waals surface area contributed by atoms with Gasteiger partial charge < -0.3 is 4.57 Å². The summed E-state index contributed by atoms with van der Waals surface area (Å²) in [6.45, 7) is 4.61. The molecule has 2 heterocycles. The first-order valence-electron chi connectivity index (χ1n) is 8.04. The predicted octanol–water partition coefficient (Wildman–Crippen LogP) is 3.54. The van der Waals surface area contributed by atoms with Gasteiger partial charge in [0, 0.05) is 37.5 Å². The zero-order chi connectivity index (χ0) is 14.4. The average Bonchev–Trinajstić information content (AvgIpc) is 3.08. The number of rotatable bonds is 4. The first-order chi connectivity index (χ1) is 10.3. The zero-order valence-corrected chi connectivity index (χ0v) is 13.3. The second-order valence-electron chi connectivity index (χ2n) is 6.45. The number of aryl methyl sites for hydroxylation is 2. The fraction of sp³-hybridized carbons (Fsp3) is 0.588. The molecule has 2 aromatic rings. The molecule has 4 heteroatoms. The molecule has 1 aromatic heterocycles. The highest BCUT2D eigenvalue weighted by Gasteiger charge is 2.36. The smallest absolute Gasteiger partial charge is 0.111 e. The molecule has 1 aliphatic carbocycles. The fourth-order valence-electron chi connectivity index (χ4n) is 3.77. The Labute approximate surface area is 130 Å². The molecular formula is C17H22ClN3. The van der Waals surface area contributed by atoms with Crippen LogP contribution in [-0.4, -0.2) is 39.5 Å². The molecule has 1 aromatic carbocycles. The van der Waals surface area contributed by atoms with Crippen molar-refractivity contribution in [3.63, 3.8) is 0 Å². The van der Waals surface area contributed by atoms with Gasteiger partial charge in [-0.2, -0.15) is 0 Å². The van der Waals surface area contributed by atoms with E-state index in [1.54, 1.807) is 0 Å². The van der Waals surface area contributed by atoms with E-state index in [0.29, 0.717) is 11.9 Å². The lowest BCUT2D eigenvalue weighted by Crippen LogP contribution is -2.24. The third-order valence-electron chi connectivity index (χ3n) is 4.93. The van der Waals surface area contributed by atoms with Crippen LogP contribution >= 0.6 is 11.6 Å². The van der Waals surface area contributed by atoms with Crippen LogP contribution in [0, 0.1) is 6.92 Å². The number of aromatic nitrogens is 2. The summed E-state index contributed by atoms with van der Waals surface area (Å²) in [6.07, 6.45) is 4.89. The van der Waals surface area contributed by atoms with E-state index in [1.165, 1.54) is 43.4 Å². The quantitative estimate of drug-likeness (QED) is 0.806. The normalized spacial score (nSPS) is 23.2. The van der Waals surface area contributed by atoms with Crippen molar-refractivity contribution in [3.8, 4) is 0 Å². The summed E-state index contributed by atoms with van der Waals surface area (Å²) in [5.74, 6) is 1.80. The summed E-state index contributed by atoms with van der Waals surface area (Å²) in [5.41, 5.74) is 3.77. The van der Waals surface area contributed by atoms with Crippen LogP contribution in [0.5, 0.6) is 0 Å². The zero-order valence-electron chi connectivity index (χ0n) is 12.6. The molecule has 1 saturated carbocycles. The van der Waals surface area contributed by atoms with Crippen LogP contribution in [0.2, 0.25) is 0 Å². The van der Waals surface area contributed by atoms with Crippen molar-refractivity contribution < 1.29 is 0 Å². The molecule has 0 radical (unpaired) electrons. The van der Waals surface area contributed by atoms with Gasteiger partial charge in [-0.1, -0.05) is 12.1 Å². The van der Waals surface area contributed by atoms with Gasteiger partial charge in [-0.05, 0) is 37.8 Å². The molecule has 0 bridgehead atoms. The third-order valence-corrected chi connectivity index (χ3v) is 5.12. The number of nitrogens with zero attached hydrogens (tertiary/aromatic N) is 3. The van der Waals surface area contributed by atoms with Gasteiger partial charge in [0.05, 0.1) is 11.0 Å². The van der Waals surface area contributed by atoms with Crippen LogP contribution in [0.1, 0.15) is 36.7 Å². The summed E-state index contributed by atoms with van der Waals surface area (Å²) in [4.78, 5) is 7.52. The van der Waals surface area contributed by atoms with Gasteiger partial charge in [0.2, 0.25) is 0 Å². The van der Waals surface area contributed by atoms with Crippen molar-refractivity contribution in [1.29, 1.82) is 0 Å². The standard InChI is InChI=1S/C17H22ClN3/c1-12-3-2-4-15-17(12)21(16(19-15)7-9-18)14-8-10-20(11-14)13-5-6-13/h2-4,13-14H,5-11H2,1H3. The number of benzene rings is 1. The van der Waals surface area contributed by atoms with Gasteiger partial charge in [-0.15, -0.1) is 11.6 Å². The van der Waals surface area contributed by atoms with Crippen molar-refractivity contribution in [2.45, 2.75) is 44.7 Å². The monoisotopic (exact) mass is 303 g/mol. The maximum absolute atomic E-state index is 6.01. The number of hydrogen-bond donors (Lipinski definition) is 0. The van der Waals surface area contributed by atoms with Gasteiger partial charge in [-0.3, -0.25) is 4.90 Å². The number of para-hydroxylation sites is 1. The van der Waals surface area contributed by atoms with Crippen molar-refractivity contribution in [3.05, 3.63) is 29.6 Å². The highest BCUT2D eigenvalue weighted by molar-refractivity contribution is 6.17. The molecular weight excluding hydrogens is 282 g/mol. The van der Waals surface area contributed by atoms with Crippen molar-refractivity contribution in [2.75, 3.05) is 19.0 Å². The number of halogens is 1. The van der Waals surface area contributed by atoms with Crippen LogP contribution in [0.4, 0.5) is 0 Å². The predicted molar refractivity (Wildman–Crippen MR) is 87.1 cm³/mol. The molecule has 1 aliphatic heterocycles. The molecule has 3 nitrogen and oxygen atoms in total. The lowest BCUT2D eigenvalue weighted by Gasteiger charge is -2.19. The Morgan fingerprint density at radius 2 is 2.10 bits per heavy atom. The molecule has 2 aliphatic rings. The maximum Gasteiger partial charge on any atom is 0.111 e. The minimum absolute atomic E-state index is 0.565. The molecule has 0 N–H and O–H groups in total. The van der Waals surface area contributed by atoms with Crippen LogP contribution < -0.4 is 0 Å². The lowest BCUT2D eigenvalue weighted by molar-refractivity contribution is 0.314. The molecule has 4 rings (SSSR count). The Hall–Kier alpha value is -1.06. The molecule has 1 atom stereocenters. The van der Waals surface area contributed by atoms with Gasteiger partial charge >= 0.3 is 0 Å². The van der Waals surface area contributed by atoms with Crippen molar-refractivity contribution in [1.82, 2.24) is 14.5 Å². The van der Waals surface area contributed by atoms with Crippen molar-refractivity contribution >= 4 is 22.6 Å². The van der Waals surface area contributed by atoms with Crippen LogP contribution in [0.25, 0.3) is 11.0 Å². The second kappa shape index (κ2) is 5.29. The van der Waals surface area contributed by atoms with E-state index in [2.05, 4.69) is 34.6 Å². The molecule has 112 valence electrons. The highest BCUT2D eigenvalue weighted by atomic mass is 35.5. The number of hydrogen-bond acceptors (Lipinski definition) is 2. The van der Waals surface area contributed by atoms with E-state index in [0.717, 1.165) is 23.8 Å². The van der Waals surface area contributed by atoms with E-state index in [-0.39, 0.29) is 0 Å². The second-order valence-corrected chi connectivity index (χ2v) is 6.83. The lowest BCUT2D eigenvalue weighted by atomic mass is 10.1. The number of fused-ring (bicyclic) bond motifs is 1. The summed E-state index contributed by atoms with van der Waals surface area (Å²) in [5, 5.41) is 0. The summed E-state index contributed by atoms with van der Waals surface area (Å²) >= 11 is 6.01. The largest absolute Gasteiger partial charge is 0.323 e. The van der Waals surface area contributed by atoms with E-state index in [9.17, 15) is 0 Å². The fourth-order valence-corrected chi connectivity index (χ4v) is 3.94. The number of alkyl halides is 1. The van der Waals surface area contributed by atoms with Crippen LogP contribution in [0.3, 0.4) is 0 Å². The van der Waals surface area contributed by atoms with Gasteiger partial charge in [0.15, 0.2) is 0 Å². The molecule has 2 fully saturated rings. The summed E-state index contributed by atoms with van der Waals surface area (Å²) in [7, 11) is 0. The molecule has 1 unspecified atom stereocenters. The molecule has 1 saturated heterocycles. The van der Waals surface area contributed by atoms with E-state index in [4.69, 9.17) is 16.6 Å². The summed E-state index contributed by atoms with van der Waals surface area (Å²) < 4.78 is 2.50. The third kappa shape index (κ3) is 2.36. The minimum Gasteiger partial charge on any atom is -0.323 e. The molecule has 0 amide bonds. The van der Waals surface area contributed by atoms with E-state index in [1.807, 2.05) is 0 Å². The summed E-state index contributed by atoms with van der Waals surface area (Å²) in [6, 6.07) is 7.85. The Morgan fingerprint density at radius 3 is 2.86 bits per heavy atom. The maximum atomic E-state index is 6.01. The number of likely N-dealkylation sites (tertiary alicyclic amines) is 1. The van der Waals surface area contributed by atoms with Crippen LogP contribution in [0.15, 0.2) is 18.2 Å². The van der Waals surface area contributed by atoms with Gasteiger partial charge in [0.1, 0.15) is 5.82 Å². The van der Waals surface area contributed by atoms with Crippen molar-refractivity contribution in [2.24, 2.45) is 0 Å². The van der Waals surface area contributed by atoms with E-state index < -0.39 is 0 Å². The Morgan fingerprint density at radius 1 is 1.24 bits per heavy atom. The highest BCUT2D eigenvalue weighted by Crippen LogP contribution is 2.36. The average molecular weight is 304 g/mol. The Kier molecular flexibility index (Phi) is 3.43. The van der Waals surface area contributed by atoms with E-state index >= 15 is 0 Å². The topological polar surface area (TPSA) is 21.1 Å². The molecule has 21 heavy (non-hydrogen) atoms. The SMILES string of the molecule is Cc1cccc2nc(CCCl)n(C3CCN(C4CC4)C3)c12. The first-order valence-corrected chi connectivity index (χ1v) is 8.58. The number of imidazole rings is 1.